The second kappa shape index (κ2) is 7.74. The first-order valence-corrected chi connectivity index (χ1v) is 10.6. The summed E-state index contributed by atoms with van der Waals surface area (Å²) in [7, 11) is -1.95. The molecular weight excluding hydrogens is 366 g/mol. The fraction of sp³-hybridized carbons (Fsp3) is 0.421. The van der Waals surface area contributed by atoms with Crippen LogP contribution in [0.25, 0.3) is 11.4 Å². The summed E-state index contributed by atoms with van der Waals surface area (Å²) in [4.78, 5) is 21.1. The average molecular weight is 389 g/mol. The average Bonchev–Trinajstić information content (AvgIpc) is 3.03. The number of hydrogen-bond donors (Lipinski definition) is 1. The summed E-state index contributed by atoms with van der Waals surface area (Å²) in [5.41, 5.74) is 1.09. The molecule has 1 fully saturated rings. The van der Waals surface area contributed by atoms with Gasteiger partial charge in [0.2, 0.25) is 10.0 Å². The first kappa shape index (κ1) is 19.4. The number of rotatable bonds is 6. The van der Waals surface area contributed by atoms with Crippen LogP contribution >= 0.6 is 0 Å². The zero-order valence-electron chi connectivity index (χ0n) is 15.4. The van der Waals surface area contributed by atoms with Crippen molar-refractivity contribution in [2.24, 2.45) is 5.41 Å². The number of nitrogens with zero attached hydrogens (tertiary/aromatic N) is 2. The molecule has 1 aliphatic carbocycles. The summed E-state index contributed by atoms with van der Waals surface area (Å²) in [6.45, 7) is 0. The third-order valence-corrected chi connectivity index (χ3v) is 5.66. The molecule has 0 bridgehead atoms. The van der Waals surface area contributed by atoms with Crippen molar-refractivity contribution in [1.82, 2.24) is 14.7 Å². The number of hydrogen-bond acceptors (Lipinski definition) is 6. The van der Waals surface area contributed by atoms with Gasteiger partial charge in [-0.05, 0) is 43.4 Å². The molecule has 2 atom stereocenters. The molecule has 144 valence electrons. The molecule has 0 saturated heterocycles. The monoisotopic (exact) mass is 389 g/mol. The fourth-order valence-electron chi connectivity index (χ4n) is 3.82. The van der Waals surface area contributed by atoms with Crippen molar-refractivity contribution in [1.29, 1.82) is 0 Å². The summed E-state index contributed by atoms with van der Waals surface area (Å²) in [5, 5.41) is 0. The summed E-state index contributed by atoms with van der Waals surface area (Å²) < 4.78 is 30.8. The van der Waals surface area contributed by atoms with Gasteiger partial charge in [-0.3, -0.25) is 4.79 Å². The highest BCUT2D eigenvalue weighted by molar-refractivity contribution is 7.88. The molecule has 0 aliphatic heterocycles. The highest BCUT2D eigenvalue weighted by Crippen LogP contribution is 2.42. The van der Waals surface area contributed by atoms with E-state index in [1.54, 1.807) is 18.5 Å². The number of nitrogens with one attached hydrogen (secondary N) is 1. The van der Waals surface area contributed by atoms with E-state index in [1.165, 1.54) is 7.11 Å². The number of sulfonamides is 1. The zero-order valence-corrected chi connectivity index (χ0v) is 16.2. The Morgan fingerprint density at radius 2 is 2.04 bits per heavy atom. The third kappa shape index (κ3) is 4.70. The zero-order chi connectivity index (χ0) is 19.5. The van der Waals surface area contributed by atoms with Crippen molar-refractivity contribution >= 4 is 16.0 Å². The Hall–Kier alpha value is -2.32. The van der Waals surface area contributed by atoms with Gasteiger partial charge in [-0.15, -0.1) is 0 Å². The molecule has 27 heavy (non-hydrogen) atoms. The smallest absolute Gasteiger partial charge is 0.312 e. The lowest BCUT2D eigenvalue weighted by atomic mass is 9.79. The number of aromatic nitrogens is 2. The number of benzene rings is 1. The van der Waals surface area contributed by atoms with Gasteiger partial charge >= 0.3 is 5.97 Å². The number of methoxy groups -OCH3 is 1. The van der Waals surface area contributed by atoms with Crippen LogP contribution in [0.15, 0.2) is 42.7 Å². The normalized spacial score (nSPS) is 22.5. The second-order valence-corrected chi connectivity index (χ2v) is 8.83. The topological polar surface area (TPSA) is 98.2 Å². The Morgan fingerprint density at radius 3 is 2.70 bits per heavy atom. The molecule has 0 spiro atoms. The van der Waals surface area contributed by atoms with E-state index in [9.17, 15) is 13.2 Å². The van der Waals surface area contributed by atoms with Crippen LogP contribution in [0.1, 0.15) is 24.8 Å². The van der Waals surface area contributed by atoms with Crippen LogP contribution in [0.5, 0.6) is 0 Å². The Labute approximate surface area is 159 Å². The van der Waals surface area contributed by atoms with Crippen LogP contribution < -0.4 is 4.72 Å². The van der Waals surface area contributed by atoms with E-state index < -0.39 is 15.4 Å². The lowest BCUT2D eigenvalue weighted by Gasteiger charge is -2.26. The molecular formula is C19H23N3O4S. The predicted molar refractivity (Wildman–Crippen MR) is 101 cm³/mol. The molecule has 1 aliphatic rings. The van der Waals surface area contributed by atoms with Gasteiger partial charge in [0.15, 0.2) is 5.82 Å². The third-order valence-electron chi connectivity index (χ3n) is 4.90. The molecule has 1 aromatic carbocycles. The van der Waals surface area contributed by atoms with E-state index >= 15 is 0 Å². The van der Waals surface area contributed by atoms with Gasteiger partial charge in [-0.25, -0.2) is 23.1 Å². The minimum atomic E-state index is -3.32. The molecule has 2 aromatic rings. The molecule has 1 aromatic heterocycles. The predicted octanol–water partition coefficient (Wildman–Crippen LogP) is 1.95. The van der Waals surface area contributed by atoms with Gasteiger partial charge in [0.25, 0.3) is 0 Å². The minimum absolute atomic E-state index is 0.264. The SMILES string of the molecule is COC(=O)[C@@]1(Cc2cccc(-c3ncccn3)c2)CC[C@H](NS(C)(=O)=O)C1. The van der Waals surface area contributed by atoms with E-state index in [0.29, 0.717) is 31.5 Å². The quantitative estimate of drug-likeness (QED) is 0.758. The summed E-state index contributed by atoms with van der Waals surface area (Å²) in [5.74, 6) is 0.316. The van der Waals surface area contributed by atoms with Gasteiger partial charge in [-0.1, -0.05) is 18.2 Å². The van der Waals surface area contributed by atoms with Gasteiger partial charge in [-0.2, -0.15) is 0 Å². The van der Waals surface area contributed by atoms with E-state index in [1.807, 2.05) is 24.3 Å². The van der Waals surface area contributed by atoms with Crippen molar-refractivity contribution in [2.45, 2.75) is 31.7 Å². The van der Waals surface area contributed by atoms with Gasteiger partial charge in [0.1, 0.15) is 0 Å². The lowest BCUT2D eigenvalue weighted by molar-refractivity contribution is -0.152. The standard InChI is InChI=1S/C19H23N3O4S/c1-26-18(23)19(8-7-16(13-19)22-27(2,24)25)12-14-5-3-6-15(11-14)17-20-9-4-10-21-17/h3-6,9-11,16,22H,7-8,12-13H2,1-2H3/t16-,19+/m0/s1. The first-order valence-electron chi connectivity index (χ1n) is 8.73. The molecule has 7 nitrogen and oxygen atoms in total. The van der Waals surface area contributed by atoms with Crippen molar-refractivity contribution in [3.8, 4) is 11.4 Å². The maximum atomic E-state index is 12.6. The summed E-state index contributed by atoms with van der Waals surface area (Å²) >= 11 is 0. The van der Waals surface area contributed by atoms with Crippen molar-refractivity contribution in [2.75, 3.05) is 13.4 Å². The van der Waals surface area contributed by atoms with Crippen molar-refractivity contribution in [3.63, 3.8) is 0 Å². The molecule has 3 rings (SSSR count). The van der Waals surface area contributed by atoms with Crippen LogP contribution in [0.4, 0.5) is 0 Å². The molecule has 1 saturated carbocycles. The van der Waals surface area contributed by atoms with Crippen LogP contribution in [-0.2, 0) is 26.0 Å². The fourth-order valence-corrected chi connectivity index (χ4v) is 4.63. The largest absolute Gasteiger partial charge is 0.469 e. The molecule has 0 radical (unpaired) electrons. The molecule has 0 unspecified atom stereocenters. The van der Waals surface area contributed by atoms with Crippen LogP contribution in [-0.4, -0.2) is 43.8 Å². The number of carbonyl (C=O) groups excluding carboxylic acids is 1. The number of carbonyl (C=O) groups is 1. The highest BCUT2D eigenvalue weighted by Gasteiger charge is 2.46. The van der Waals surface area contributed by atoms with Crippen molar-refractivity contribution < 1.29 is 17.9 Å². The molecule has 8 heteroatoms. The summed E-state index contributed by atoms with van der Waals surface area (Å²) in [6, 6.07) is 9.25. The highest BCUT2D eigenvalue weighted by atomic mass is 32.2. The molecule has 0 amide bonds. The van der Waals surface area contributed by atoms with Gasteiger partial charge in [0.05, 0.1) is 18.8 Å². The Balaban J connectivity index is 1.85. The maximum absolute atomic E-state index is 12.6. The van der Waals surface area contributed by atoms with E-state index in [4.69, 9.17) is 4.74 Å². The second-order valence-electron chi connectivity index (χ2n) is 7.05. The van der Waals surface area contributed by atoms with Crippen LogP contribution in [0.3, 0.4) is 0 Å². The maximum Gasteiger partial charge on any atom is 0.312 e. The Kier molecular flexibility index (Phi) is 5.57. The van der Waals surface area contributed by atoms with E-state index in [0.717, 1.165) is 17.4 Å². The summed E-state index contributed by atoms with van der Waals surface area (Å²) in [6.07, 6.45) is 6.56. The number of ether oxygens (including phenoxy) is 1. The first-order chi connectivity index (χ1) is 12.8. The van der Waals surface area contributed by atoms with Gasteiger partial charge < -0.3 is 4.74 Å². The molecule has 1 N–H and O–H groups in total. The lowest BCUT2D eigenvalue weighted by Crippen LogP contribution is -2.37. The van der Waals surface area contributed by atoms with E-state index in [2.05, 4.69) is 14.7 Å². The van der Waals surface area contributed by atoms with Crippen LogP contribution in [0.2, 0.25) is 0 Å². The number of esters is 1. The van der Waals surface area contributed by atoms with E-state index in [-0.39, 0.29) is 12.0 Å². The Bertz CT molecular complexity index is 918. The minimum Gasteiger partial charge on any atom is -0.469 e. The Morgan fingerprint density at radius 1 is 1.30 bits per heavy atom. The van der Waals surface area contributed by atoms with Gasteiger partial charge in [0, 0.05) is 24.0 Å². The van der Waals surface area contributed by atoms with Crippen molar-refractivity contribution in [3.05, 3.63) is 48.3 Å². The van der Waals surface area contributed by atoms with Crippen LogP contribution in [0, 0.1) is 5.41 Å². The molecule has 1 heterocycles.